The lowest BCUT2D eigenvalue weighted by molar-refractivity contribution is -0.149. The largest absolute Gasteiger partial charge is 0.463 e. The van der Waals surface area contributed by atoms with Gasteiger partial charge in [0.2, 0.25) is 0 Å². The minimum Gasteiger partial charge on any atom is -0.463 e. The molecule has 0 unspecified atom stereocenters. The summed E-state index contributed by atoms with van der Waals surface area (Å²) in [5.74, 6) is -0.199. The van der Waals surface area contributed by atoms with Gasteiger partial charge < -0.3 is 14.6 Å². The molecule has 1 N–H and O–H groups in total. The lowest BCUT2D eigenvalue weighted by Gasteiger charge is -2.15. The van der Waals surface area contributed by atoms with Crippen molar-refractivity contribution in [3.05, 3.63) is 35.9 Å². The average molecular weight is 365 g/mol. The molecule has 0 heterocycles. The number of hydrogen-bond donors (Lipinski definition) is 1. The first-order valence-corrected chi connectivity index (χ1v) is 10.2. The maximum atomic E-state index is 11.8. The second-order valence-corrected chi connectivity index (χ2v) is 6.86. The van der Waals surface area contributed by atoms with Crippen LogP contribution in [0.4, 0.5) is 0 Å². The number of aliphatic hydroxyl groups is 1. The van der Waals surface area contributed by atoms with Crippen LogP contribution < -0.4 is 0 Å². The van der Waals surface area contributed by atoms with Crippen molar-refractivity contribution in [3.63, 3.8) is 0 Å². The van der Waals surface area contributed by atoms with E-state index in [0.29, 0.717) is 13.0 Å². The summed E-state index contributed by atoms with van der Waals surface area (Å²) in [5.41, 5.74) is 1.03. The minimum atomic E-state index is -0.470. The van der Waals surface area contributed by atoms with Crippen molar-refractivity contribution in [1.82, 2.24) is 0 Å². The van der Waals surface area contributed by atoms with E-state index in [1.165, 1.54) is 44.9 Å². The maximum Gasteiger partial charge on any atom is 0.305 e. The van der Waals surface area contributed by atoms with Crippen LogP contribution in [-0.4, -0.2) is 30.4 Å². The van der Waals surface area contributed by atoms with Crippen molar-refractivity contribution >= 4 is 5.97 Å². The van der Waals surface area contributed by atoms with E-state index in [1.54, 1.807) is 0 Å². The predicted molar refractivity (Wildman–Crippen MR) is 105 cm³/mol. The number of benzene rings is 1. The van der Waals surface area contributed by atoms with Crippen LogP contribution in [0.1, 0.15) is 76.7 Å². The number of esters is 1. The van der Waals surface area contributed by atoms with Crippen LogP contribution in [0.5, 0.6) is 0 Å². The van der Waals surface area contributed by atoms with Gasteiger partial charge in [-0.05, 0) is 12.0 Å². The zero-order chi connectivity index (χ0) is 18.9. The summed E-state index contributed by atoms with van der Waals surface area (Å²) in [7, 11) is 0. The Labute approximate surface area is 158 Å². The van der Waals surface area contributed by atoms with Crippen LogP contribution in [0.2, 0.25) is 0 Å². The summed E-state index contributed by atoms with van der Waals surface area (Å²) in [6.07, 6.45) is 11.0. The third kappa shape index (κ3) is 12.0. The van der Waals surface area contributed by atoms with Gasteiger partial charge in [0.05, 0.1) is 13.2 Å². The quantitative estimate of drug-likeness (QED) is 0.330. The molecule has 0 aromatic heterocycles. The van der Waals surface area contributed by atoms with Crippen molar-refractivity contribution in [2.45, 2.75) is 83.8 Å². The molecule has 1 rings (SSSR count). The SMILES string of the molecule is CCCCCCCCCCCC(=O)OC[C@H](CO)OCc1ccccc1. The van der Waals surface area contributed by atoms with Gasteiger partial charge in [-0.1, -0.05) is 88.6 Å². The first kappa shape index (κ1) is 22.7. The second-order valence-electron chi connectivity index (χ2n) is 6.86. The highest BCUT2D eigenvalue weighted by Gasteiger charge is 2.11. The maximum absolute atomic E-state index is 11.8. The second kappa shape index (κ2) is 15.8. The number of aliphatic hydroxyl groups excluding tert-OH is 1. The van der Waals surface area contributed by atoms with Gasteiger partial charge in [0.25, 0.3) is 0 Å². The Hall–Kier alpha value is -1.39. The molecule has 1 aromatic carbocycles. The van der Waals surface area contributed by atoms with E-state index >= 15 is 0 Å². The zero-order valence-corrected chi connectivity index (χ0v) is 16.3. The topological polar surface area (TPSA) is 55.8 Å². The Morgan fingerprint density at radius 2 is 1.58 bits per heavy atom. The van der Waals surface area contributed by atoms with Gasteiger partial charge in [0, 0.05) is 6.42 Å². The third-order valence-electron chi connectivity index (χ3n) is 4.45. The minimum absolute atomic E-state index is 0.111. The Bertz CT molecular complexity index is 447. The zero-order valence-electron chi connectivity index (χ0n) is 16.3. The van der Waals surface area contributed by atoms with Gasteiger partial charge in [-0.25, -0.2) is 0 Å². The molecule has 1 atom stereocenters. The van der Waals surface area contributed by atoms with Crippen LogP contribution in [0.15, 0.2) is 30.3 Å². The van der Waals surface area contributed by atoms with Crippen LogP contribution in [0, 0.1) is 0 Å². The molecule has 0 aliphatic carbocycles. The van der Waals surface area contributed by atoms with Crippen molar-refractivity contribution in [2.24, 2.45) is 0 Å². The van der Waals surface area contributed by atoms with E-state index in [9.17, 15) is 9.90 Å². The van der Waals surface area contributed by atoms with Crippen molar-refractivity contribution in [1.29, 1.82) is 0 Å². The lowest BCUT2D eigenvalue weighted by atomic mass is 10.1. The van der Waals surface area contributed by atoms with Crippen LogP contribution >= 0.6 is 0 Å². The number of carbonyl (C=O) groups excluding carboxylic acids is 1. The van der Waals surface area contributed by atoms with E-state index in [1.807, 2.05) is 30.3 Å². The summed E-state index contributed by atoms with van der Waals surface area (Å²) in [5, 5.41) is 9.35. The smallest absolute Gasteiger partial charge is 0.305 e. The summed E-state index contributed by atoms with van der Waals surface area (Å²) in [6.45, 7) is 2.59. The fourth-order valence-corrected chi connectivity index (χ4v) is 2.78. The number of carbonyl (C=O) groups is 1. The Kier molecular flexibility index (Phi) is 13.8. The Morgan fingerprint density at radius 1 is 0.962 bits per heavy atom. The lowest BCUT2D eigenvalue weighted by Crippen LogP contribution is -2.25. The molecule has 0 saturated carbocycles. The van der Waals surface area contributed by atoms with E-state index < -0.39 is 6.10 Å². The van der Waals surface area contributed by atoms with Gasteiger partial charge in [0.15, 0.2) is 0 Å². The Balaban J connectivity index is 2.00. The number of rotatable bonds is 16. The molecule has 0 aliphatic rings. The van der Waals surface area contributed by atoms with Crippen LogP contribution in [0.3, 0.4) is 0 Å². The number of hydrogen-bond acceptors (Lipinski definition) is 4. The summed E-state index contributed by atoms with van der Waals surface area (Å²) < 4.78 is 10.8. The molecule has 0 saturated heterocycles. The van der Waals surface area contributed by atoms with E-state index in [-0.39, 0.29) is 19.2 Å². The molecule has 0 bridgehead atoms. The molecular weight excluding hydrogens is 328 g/mol. The van der Waals surface area contributed by atoms with Gasteiger partial charge in [-0.15, -0.1) is 0 Å². The molecule has 4 nitrogen and oxygen atoms in total. The van der Waals surface area contributed by atoms with E-state index in [2.05, 4.69) is 6.92 Å². The molecule has 26 heavy (non-hydrogen) atoms. The number of ether oxygens (including phenoxy) is 2. The molecular formula is C22H36O4. The monoisotopic (exact) mass is 364 g/mol. The Morgan fingerprint density at radius 3 is 2.19 bits per heavy atom. The number of unbranched alkanes of at least 4 members (excludes halogenated alkanes) is 8. The fourth-order valence-electron chi connectivity index (χ4n) is 2.78. The van der Waals surface area contributed by atoms with Crippen LogP contribution in [0.25, 0.3) is 0 Å². The van der Waals surface area contributed by atoms with Gasteiger partial charge >= 0.3 is 5.97 Å². The van der Waals surface area contributed by atoms with Crippen LogP contribution in [-0.2, 0) is 20.9 Å². The summed E-state index contributed by atoms with van der Waals surface area (Å²) in [6, 6.07) is 9.76. The fraction of sp³-hybridized carbons (Fsp3) is 0.682. The first-order chi connectivity index (χ1) is 12.8. The third-order valence-corrected chi connectivity index (χ3v) is 4.45. The van der Waals surface area contributed by atoms with E-state index in [4.69, 9.17) is 9.47 Å². The summed E-state index contributed by atoms with van der Waals surface area (Å²) in [4.78, 5) is 11.8. The summed E-state index contributed by atoms with van der Waals surface area (Å²) >= 11 is 0. The highest BCUT2D eigenvalue weighted by atomic mass is 16.6. The standard InChI is InChI=1S/C22H36O4/c1-2-3-4-5-6-7-8-9-13-16-22(24)26-19-21(17-23)25-18-20-14-11-10-12-15-20/h10-12,14-15,21,23H,2-9,13,16-19H2,1H3/t21-/m0/s1. The van der Waals surface area contributed by atoms with Crippen molar-refractivity contribution in [3.8, 4) is 0 Å². The van der Waals surface area contributed by atoms with Crippen molar-refractivity contribution < 1.29 is 19.4 Å². The first-order valence-electron chi connectivity index (χ1n) is 10.2. The molecule has 0 radical (unpaired) electrons. The molecule has 148 valence electrons. The normalized spacial score (nSPS) is 12.1. The van der Waals surface area contributed by atoms with Crippen molar-refractivity contribution in [2.75, 3.05) is 13.2 Å². The van der Waals surface area contributed by atoms with Gasteiger partial charge in [-0.3, -0.25) is 4.79 Å². The predicted octanol–water partition coefficient (Wildman–Crippen LogP) is 5.03. The molecule has 0 spiro atoms. The molecule has 4 heteroatoms. The molecule has 0 aliphatic heterocycles. The molecule has 1 aromatic rings. The average Bonchev–Trinajstić information content (AvgIpc) is 2.67. The van der Waals surface area contributed by atoms with Gasteiger partial charge in [-0.2, -0.15) is 0 Å². The van der Waals surface area contributed by atoms with Gasteiger partial charge in [0.1, 0.15) is 12.7 Å². The van der Waals surface area contributed by atoms with E-state index in [0.717, 1.165) is 18.4 Å². The molecule has 0 amide bonds. The highest BCUT2D eigenvalue weighted by Crippen LogP contribution is 2.11. The highest BCUT2D eigenvalue weighted by molar-refractivity contribution is 5.69. The molecule has 0 fully saturated rings.